The molecule has 0 aromatic heterocycles. The van der Waals surface area contributed by atoms with Crippen molar-refractivity contribution in [2.45, 2.75) is 24.3 Å². The van der Waals surface area contributed by atoms with Gasteiger partial charge in [0, 0.05) is 0 Å². The van der Waals surface area contributed by atoms with E-state index in [1.165, 1.54) is 17.4 Å². The molecule has 0 atom stereocenters. The molecule has 0 unspecified atom stereocenters. The summed E-state index contributed by atoms with van der Waals surface area (Å²) < 4.78 is 0. The summed E-state index contributed by atoms with van der Waals surface area (Å²) in [5.74, 6) is 0. The van der Waals surface area contributed by atoms with Crippen LogP contribution in [0.15, 0.2) is 0 Å². The van der Waals surface area contributed by atoms with Gasteiger partial charge < -0.3 is 0 Å². The van der Waals surface area contributed by atoms with Crippen LogP contribution in [-0.2, 0) is 0 Å². The standard InChI is InChI=1S/C4H10BrClSi2/c1-2-8(5)3-7(6)4-8/h7H,2-4H2,1H3. The van der Waals surface area contributed by atoms with Gasteiger partial charge in [0.15, 0.2) is 0 Å². The monoisotopic (exact) mass is 228 g/mol. The fourth-order valence-corrected chi connectivity index (χ4v) is 24.9. The van der Waals surface area contributed by atoms with Crippen molar-refractivity contribution in [1.82, 2.24) is 0 Å². The summed E-state index contributed by atoms with van der Waals surface area (Å²) in [6.07, 6.45) is 0. The van der Waals surface area contributed by atoms with Crippen LogP contribution >= 0.6 is 26.4 Å². The Morgan fingerprint density at radius 3 is 2.38 bits per heavy atom. The van der Waals surface area contributed by atoms with Crippen molar-refractivity contribution < 1.29 is 0 Å². The van der Waals surface area contributed by atoms with Gasteiger partial charge >= 0.3 is 0 Å². The maximum atomic E-state index is 5.96. The quantitative estimate of drug-likeness (QED) is 0.479. The molecule has 0 N–H and O–H groups in total. The molecule has 0 bridgehead atoms. The Kier molecular flexibility index (Phi) is 2.23. The lowest BCUT2D eigenvalue weighted by atomic mass is 11.0. The Bertz CT molecular complexity index is 92.0. The zero-order valence-electron chi connectivity index (χ0n) is 4.95. The molecule has 1 heterocycles. The normalized spacial score (nSPS) is 46.1. The number of halogens is 2. The average molecular weight is 230 g/mol. The van der Waals surface area contributed by atoms with Crippen LogP contribution in [0, 0.1) is 0 Å². The molecule has 0 aliphatic carbocycles. The fourth-order valence-electron chi connectivity index (χ4n) is 1.02. The van der Waals surface area contributed by atoms with E-state index in [0.29, 0.717) is 0 Å². The van der Waals surface area contributed by atoms with Crippen LogP contribution in [0.3, 0.4) is 0 Å². The van der Waals surface area contributed by atoms with E-state index >= 15 is 0 Å². The minimum absolute atomic E-state index is 0.625. The van der Waals surface area contributed by atoms with Crippen molar-refractivity contribution in [1.29, 1.82) is 0 Å². The molecular weight excluding hydrogens is 220 g/mol. The summed E-state index contributed by atoms with van der Waals surface area (Å²) in [4.78, 5) is 0. The summed E-state index contributed by atoms with van der Waals surface area (Å²) in [5.41, 5.74) is 2.84. The van der Waals surface area contributed by atoms with Crippen molar-refractivity contribution >= 4 is 41.2 Å². The molecule has 0 aromatic rings. The maximum Gasteiger partial charge on any atom is 0.137 e. The van der Waals surface area contributed by atoms with Crippen molar-refractivity contribution in [3.05, 3.63) is 0 Å². The van der Waals surface area contributed by atoms with E-state index in [1.807, 2.05) is 0 Å². The van der Waals surface area contributed by atoms with Gasteiger partial charge in [-0.15, -0.1) is 15.3 Å². The lowest BCUT2D eigenvalue weighted by Gasteiger charge is -2.36. The smallest absolute Gasteiger partial charge is 0.137 e. The molecule has 0 aromatic carbocycles. The zero-order valence-corrected chi connectivity index (χ0v) is 9.45. The summed E-state index contributed by atoms with van der Waals surface area (Å²) in [6.45, 7) is 1.48. The fraction of sp³-hybridized carbons (Fsp3) is 1.00. The molecule has 48 valence electrons. The highest BCUT2D eigenvalue weighted by Gasteiger charge is 2.42. The highest BCUT2D eigenvalue weighted by atomic mass is 79.9. The van der Waals surface area contributed by atoms with Crippen LogP contribution in [-0.4, -0.2) is 14.8 Å². The van der Waals surface area contributed by atoms with Gasteiger partial charge in [-0.3, -0.25) is 0 Å². The molecule has 1 fully saturated rings. The first-order chi connectivity index (χ1) is 3.66. The van der Waals surface area contributed by atoms with Gasteiger partial charge in [-0.1, -0.05) is 13.0 Å². The Labute approximate surface area is 65.5 Å². The minimum Gasteiger partial charge on any atom is -0.172 e. The number of rotatable bonds is 1. The van der Waals surface area contributed by atoms with E-state index in [9.17, 15) is 0 Å². The topological polar surface area (TPSA) is 0 Å². The predicted molar refractivity (Wildman–Crippen MR) is 47.8 cm³/mol. The van der Waals surface area contributed by atoms with Crippen LogP contribution < -0.4 is 0 Å². The minimum atomic E-state index is -0.791. The maximum absolute atomic E-state index is 5.96. The van der Waals surface area contributed by atoms with Crippen molar-refractivity contribution in [2.24, 2.45) is 0 Å². The third-order valence-electron chi connectivity index (χ3n) is 1.81. The van der Waals surface area contributed by atoms with Crippen molar-refractivity contribution in [3.63, 3.8) is 0 Å². The first-order valence-electron chi connectivity index (χ1n) is 2.99. The lowest BCUT2D eigenvalue weighted by molar-refractivity contribution is 1.34. The summed E-state index contributed by atoms with van der Waals surface area (Å²) in [7, 11) is -0.625. The molecule has 8 heavy (non-hydrogen) atoms. The van der Waals surface area contributed by atoms with Crippen LogP contribution in [0.5, 0.6) is 0 Å². The molecule has 1 rings (SSSR count). The molecule has 1 aliphatic rings. The van der Waals surface area contributed by atoms with Gasteiger partial charge in [0.05, 0.1) is 0 Å². The molecule has 1 aliphatic heterocycles. The number of hydrogen-bond donors (Lipinski definition) is 0. The number of hydrogen-bond acceptors (Lipinski definition) is 0. The predicted octanol–water partition coefficient (Wildman–Crippen LogP) is 2.40. The molecule has 0 amide bonds. The first kappa shape index (κ1) is 7.31. The third-order valence-corrected chi connectivity index (χ3v) is 22.8. The highest BCUT2D eigenvalue weighted by molar-refractivity contribution is 9.26. The van der Waals surface area contributed by atoms with Crippen molar-refractivity contribution in [3.8, 4) is 0 Å². The zero-order chi connectivity index (χ0) is 6.20. The van der Waals surface area contributed by atoms with Gasteiger partial charge in [0.1, 0.15) is 14.8 Å². The second-order valence-electron chi connectivity index (χ2n) is 2.51. The first-order valence-corrected chi connectivity index (χ1v) is 11.2. The van der Waals surface area contributed by atoms with Gasteiger partial charge in [-0.2, -0.15) is 11.1 Å². The molecule has 4 heteroatoms. The van der Waals surface area contributed by atoms with Gasteiger partial charge in [0.25, 0.3) is 0 Å². The lowest BCUT2D eigenvalue weighted by Crippen LogP contribution is -2.44. The van der Waals surface area contributed by atoms with Crippen LogP contribution in [0.2, 0.25) is 17.4 Å². The summed E-state index contributed by atoms with van der Waals surface area (Å²) in [6, 6.07) is 1.38. The van der Waals surface area contributed by atoms with E-state index in [1.54, 1.807) is 0 Å². The van der Waals surface area contributed by atoms with E-state index in [-0.39, 0.29) is 0 Å². The van der Waals surface area contributed by atoms with Crippen LogP contribution in [0.25, 0.3) is 0 Å². The van der Waals surface area contributed by atoms with Gasteiger partial charge in [-0.05, 0) is 11.3 Å². The Hall–Kier alpha value is 1.20. The Morgan fingerprint density at radius 1 is 1.75 bits per heavy atom. The Morgan fingerprint density at radius 2 is 2.25 bits per heavy atom. The molecule has 0 radical (unpaired) electrons. The largest absolute Gasteiger partial charge is 0.172 e. The molecule has 1 saturated heterocycles. The second kappa shape index (κ2) is 2.44. The summed E-state index contributed by atoms with van der Waals surface area (Å²) >= 11 is 9.75. The van der Waals surface area contributed by atoms with Crippen molar-refractivity contribution in [2.75, 3.05) is 0 Å². The van der Waals surface area contributed by atoms with Crippen LogP contribution in [0.1, 0.15) is 6.92 Å². The third kappa shape index (κ3) is 1.37. The van der Waals surface area contributed by atoms with E-state index < -0.39 is 14.8 Å². The summed E-state index contributed by atoms with van der Waals surface area (Å²) in [5, 5.41) is 0. The highest BCUT2D eigenvalue weighted by Crippen LogP contribution is 2.41. The molecule has 0 spiro atoms. The second-order valence-corrected chi connectivity index (χ2v) is 16.9. The Balaban J connectivity index is 2.30. The van der Waals surface area contributed by atoms with Crippen LogP contribution in [0.4, 0.5) is 0 Å². The molecule has 0 saturated carbocycles. The van der Waals surface area contributed by atoms with E-state index in [2.05, 4.69) is 22.2 Å². The van der Waals surface area contributed by atoms with Gasteiger partial charge in [-0.25, -0.2) is 0 Å². The average Bonchev–Trinajstić information content (AvgIpc) is 1.63. The van der Waals surface area contributed by atoms with E-state index in [0.717, 1.165) is 0 Å². The SMILES string of the molecule is CC[Si]1(Br)C[SiH](Cl)C1. The van der Waals surface area contributed by atoms with E-state index in [4.69, 9.17) is 11.1 Å². The molecular formula is C4H10BrClSi2. The molecule has 0 nitrogen and oxygen atoms in total. The van der Waals surface area contributed by atoms with Gasteiger partial charge in [0.2, 0.25) is 0 Å².